The zero-order valence-corrected chi connectivity index (χ0v) is 16.6. The number of H-pyrrole nitrogens is 1. The summed E-state index contributed by atoms with van der Waals surface area (Å²) in [6.07, 6.45) is 1.12. The smallest absolute Gasteiger partial charge is 0.438 e. The van der Waals surface area contributed by atoms with Crippen molar-refractivity contribution in [2.75, 3.05) is 7.11 Å². The molecule has 0 spiro atoms. The molecule has 1 aromatic heterocycles. The molecule has 1 atom stereocenters. The summed E-state index contributed by atoms with van der Waals surface area (Å²) in [7, 11) is 1.61. The molecule has 0 saturated heterocycles. The average Bonchev–Trinajstić information content (AvgIpc) is 3.20. The van der Waals surface area contributed by atoms with Gasteiger partial charge in [-0.3, -0.25) is 14.3 Å². The van der Waals surface area contributed by atoms with E-state index in [1.807, 2.05) is 66.7 Å². The number of nitrogens with zero attached hydrogens (tertiary/aromatic N) is 1. The Balaban J connectivity index is 1.54. The Labute approximate surface area is 173 Å². The van der Waals surface area contributed by atoms with Crippen LogP contribution in [0.25, 0.3) is 10.8 Å². The number of carbonyl (C=O) groups is 1. The molecule has 0 bridgehead atoms. The van der Waals surface area contributed by atoms with Gasteiger partial charge in [-0.1, -0.05) is 59.8 Å². The maximum absolute atomic E-state index is 13.0. The van der Waals surface area contributed by atoms with Crippen LogP contribution in [0.2, 0.25) is 0 Å². The van der Waals surface area contributed by atoms with Gasteiger partial charge < -0.3 is 4.74 Å². The fraction of sp³-hybridized carbons (Fsp3) is 0.208. The van der Waals surface area contributed by atoms with Gasteiger partial charge in [-0.2, -0.15) is 0 Å². The van der Waals surface area contributed by atoms with Crippen molar-refractivity contribution in [3.8, 4) is 5.75 Å². The van der Waals surface area contributed by atoms with Gasteiger partial charge in [-0.25, -0.2) is 4.79 Å². The number of aromatic amines is 1. The predicted molar refractivity (Wildman–Crippen MR) is 114 cm³/mol. The molecular formula is C24H22N2O4. The molecule has 4 rings (SSSR count). The van der Waals surface area contributed by atoms with Crippen LogP contribution in [0, 0.1) is 0 Å². The standard InChI is InChI=1S/C24H22N2O4/c1-29-21-11-9-16(10-12-21)13-19(23-25-24(28)30-26-23)15-20(27)14-18-7-4-6-17-5-2-3-8-22(17)18/h2-12,19H,13-15H2,1H3,(H,25,26,28). The molecule has 0 fully saturated rings. The maximum atomic E-state index is 13.0. The molecule has 152 valence electrons. The second-order valence-corrected chi connectivity index (χ2v) is 7.29. The van der Waals surface area contributed by atoms with Crippen LogP contribution >= 0.6 is 0 Å². The van der Waals surface area contributed by atoms with Crippen LogP contribution in [0.5, 0.6) is 5.75 Å². The number of nitrogens with one attached hydrogen (secondary N) is 1. The molecule has 6 nitrogen and oxygen atoms in total. The lowest BCUT2D eigenvalue weighted by Crippen LogP contribution is -2.14. The van der Waals surface area contributed by atoms with Gasteiger partial charge in [0.1, 0.15) is 11.5 Å². The largest absolute Gasteiger partial charge is 0.497 e. The Hall–Kier alpha value is -3.67. The van der Waals surface area contributed by atoms with Crippen molar-refractivity contribution < 1.29 is 14.1 Å². The zero-order valence-electron chi connectivity index (χ0n) is 16.6. The van der Waals surface area contributed by atoms with Crippen LogP contribution in [-0.2, 0) is 17.6 Å². The molecule has 3 aromatic carbocycles. The van der Waals surface area contributed by atoms with Crippen LogP contribution in [0.15, 0.2) is 76.0 Å². The van der Waals surface area contributed by atoms with Crippen molar-refractivity contribution in [1.82, 2.24) is 10.1 Å². The molecule has 0 amide bonds. The highest BCUT2D eigenvalue weighted by molar-refractivity contribution is 5.91. The lowest BCUT2D eigenvalue weighted by Gasteiger charge is -2.14. The van der Waals surface area contributed by atoms with Crippen LogP contribution in [0.1, 0.15) is 29.3 Å². The molecule has 0 saturated carbocycles. The van der Waals surface area contributed by atoms with E-state index in [4.69, 9.17) is 4.74 Å². The van der Waals surface area contributed by atoms with Crippen molar-refractivity contribution in [3.63, 3.8) is 0 Å². The summed E-state index contributed by atoms with van der Waals surface area (Å²) in [5.74, 6) is 0.325. The molecule has 1 N–H and O–H groups in total. The highest BCUT2D eigenvalue weighted by Gasteiger charge is 2.21. The molecule has 1 unspecified atom stereocenters. The lowest BCUT2D eigenvalue weighted by atomic mass is 9.91. The van der Waals surface area contributed by atoms with E-state index in [1.54, 1.807) is 7.11 Å². The third-order valence-corrected chi connectivity index (χ3v) is 5.23. The number of hydrogen-bond donors (Lipinski definition) is 1. The van der Waals surface area contributed by atoms with Gasteiger partial charge >= 0.3 is 5.76 Å². The minimum Gasteiger partial charge on any atom is -0.497 e. The summed E-state index contributed by atoms with van der Waals surface area (Å²) < 4.78 is 9.88. The first-order valence-electron chi connectivity index (χ1n) is 9.79. The first-order valence-corrected chi connectivity index (χ1v) is 9.79. The second kappa shape index (κ2) is 8.78. The molecule has 6 heteroatoms. The number of hydrogen-bond acceptors (Lipinski definition) is 5. The van der Waals surface area contributed by atoms with E-state index in [-0.39, 0.29) is 18.1 Å². The Morgan fingerprint density at radius 1 is 1.07 bits per heavy atom. The van der Waals surface area contributed by atoms with E-state index in [0.717, 1.165) is 27.6 Å². The Morgan fingerprint density at radius 2 is 1.83 bits per heavy atom. The Morgan fingerprint density at radius 3 is 2.57 bits per heavy atom. The topological polar surface area (TPSA) is 85.2 Å². The molecule has 0 aliphatic heterocycles. The fourth-order valence-electron chi connectivity index (χ4n) is 3.74. The van der Waals surface area contributed by atoms with Crippen LogP contribution < -0.4 is 10.5 Å². The highest BCUT2D eigenvalue weighted by Crippen LogP contribution is 2.25. The fourth-order valence-corrected chi connectivity index (χ4v) is 3.74. The van der Waals surface area contributed by atoms with Gasteiger partial charge in [0.15, 0.2) is 5.82 Å². The first kappa shape index (κ1) is 19.6. The normalized spacial score (nSPS) is 12.0. The molecule has 4 aromatic rings. The lowest BCUT2D eigenvalue weighted by molar-refractivity contribution is -0.118. The number of ketones is 1. The average molecular weight is 402 g/mol. The SMILES string of the molecule is COc1ccc(CC(CC(=O)Cc2cccc3ccccc23)c2noc(=O)[nH]2)cc1. The number of ether oxygens (including phenoxy) is 1. The van der Waals surface area contributed by atoms with Gasteiger partial charge in [0.2, 0.25) is 0 Å². The van der Waals surface area contributed by atoms with E-state index in [9.17, 15) is 9.59 Å². The summed E-state index contributed by atoms with van der Waals surface area (Å²) in [6.45, 7) is 0. The van der Waals surface area contributed by atoms with Gasteiger partial charge in [-0.05, 0) is 40.5 Å². The summed E-state index contributed by atoms with van der Waals surface area (Å²) in [5, 5.41) is 6.02. The van der Waals surface area contributed by atoms with Crippen molar-refractivity contribution in [3.05, 3.63) is 94.2 Å². The summed E-state index contributed by atoms with van der Waals surface area (Å²) in [5.41, 5.74) is 2.01. The van der Waals surface area contributed by atoms with Gasteiger partial charge in [-0.15, -0.1) is 0 Å². The van der Waals surface area contributed by atoms with E-state index < -0.39 is 5.76 Å². The number of methoxy groups -OCH3 is 1. The Kier molecular flexibility index (Phi) is 5.75. The van der Waals surface area contributed by atoms with Crippen LogP contribution in [-0.4, -0.2) is 23.0 Å². The zero-order chi connectivity index (χ0) is 20.9. The minimum absolute atomic E-state index is 0.0775. The first-order chi connectivity index (χ1) is 14.6. The van der Waals surface area contributed by atoms with Crippen molar-refractivity contribution in [1.29, 1.82) is 0 Å². The molecule has 0 aliphatic carbocycles. The molecule has 0 aliphatic rings. The molecule has 1 heterocycles. The molecule has 30 heavy (non-hydrogen) atoms. The second-order valence-electron chi connectivity index (χ2n) is 7.29. The summed E-state index contributed by atoms with van der Waals surface area (Å²) >= 11 is 0. The van der Waals surface area contributed by atoms with Gasteiger partial charge in [0.05, 0.1) is 7.11 Å². The number of fused-ring (bicyclic) bond motifs is 1. The van der Waals surface area contributed by atoms with Crippen molar-refractivity contribution in [2.45, 2.75) is 25.2 Å². The quantitative estimate of drug-likeness (QED) is 0.481. The van der Waals surface area contributed by atoms with Crippen molar-refractivity contribution in [2.24, 2.45) is 0 Å². The number of Topliss-reactive ketones (excluding diaryl/α,β-unsaturated/α-hetero) is 1. The molecule has 0 radical (unpaired) electrons. The molecular weight excluding hydrogens is 380 g/mol. The van der Waals surface area contributed by atoms with Gasteiger partial charge in [0.25, 0.3) is 0 Å². The third-order valence-electron chi connectivity index (χ3n) is 5.23. The number of carbonyl (C=O) groups excluding carboxylic acids is 1. The maximum Gasteiger partial charge on any atom is 0.438 e. The highest BCUT2D eigenvalue weighted by atomic mass is 16.5. The van der Waals surface area contributed by atoms with E-state index >= 15 is 0 Å². The summed E-state index contributed by atoms with van der Waals surface area (Å²) in [6, 6.07) is 21.6. The van der Waals surface area contributed by atoms with E-state index in [2.05, 4.69) is 14.7 Å². The van der Waals surface area contributed by atoms with Crippen molar-refractivity contribution >= 4 is 16.6 Å². The predicted octanol–water partition coefficient (Wildman–Crippen LogP) is 4.05. The number of aromatic nitrogens is 2. The third kappa shape index (κ3) is 4.49. The van der Waals surface area contributed by atoms with E-state index in [0.29, 0.717) is 18.7 Å². The minimum atomic E-state index is -0.619. The number of rotatable bonds is 8. The Bertz CT molecular complexity index is 1200. The van der Waals surface area contributed by atoms with Crippen LogP contribution in [0.4, 0.5) is 0 Å². The summed E-state index contributed by atoms with van der Waals surface area (Å²) in [4.78, 5) is 27.0. The number of benzene rings is 3. The van der Waals surface area contributed by atoms with Crippen LogP contribution in [0.3, 0.4) is 0 Å². The van der Waals surface area contributed by atoms with Gasteiger partial charge in [0, 0.05) is 18.8 Å². The van der Waals surface area contributed by atoms with E-state index in [1.165, 1.54) is 0 Å². The monoisotopic (exact) mass is 402 g/mol.